The SMILES string of the molecule is c1ccc(N(c2ccccc2)c2ccccc2-c2cccc3ccc4sc5ccccc5c4c23)cc1. The molecule has 0 atom stereocenters. The number of nitrogens with zero attached hydrogens (tertiary/aromatic N) is 1. The molecule has 0 unspecified atom stereocenters. The Morgan fingerprint density at radius 1 is 0.417 bits per heavy atom. The second-order valence-corrected chi connectivity index (χ2v) is 10.0. The number of rotatable bonds is 4. The zero-order chi connectivity index (χ0) is 23.9. The van der Waals surface area contributed by atoms with Gasteiger partial charge in [-0.1, -0.05) is 97.1 Å². The third kappa shape index (κ3) is 3.38. The summed E-state index contributed by atoms with van der Waals surface area (Å²) < 4.78 is 2.66. The largest absolute Gasteiger partial charge is 0.310 e. The monoisotopic (exact) mass is 477 g/mol. The Balaban J connectivity index is 1.56. The van der Waals surface area contributed by atoms with Gasteiger partial charge in [0.25, 0.3) is 0 Å². The fraction of sp³-hybridized carbons (Fsp3) is 0. The van der Waals surface area contributed by atoms with E-state index < -0.39 is 0 Å². The summed E-state index contributed by atoms with van der Waals surface area (Å²) in [5.74, 6) is 0. The van der Waals surface area contributed by atoms with E-state index in [1.54, 1.807) is 0 Å². The lowest BCUT2D eigenvalue weighted by molar-refractivity contribution is 1.28. The van der Waals surface area contributed by atoms with E-state index in [1.165, 1.54) is 47.8 Å². The summed E-state index contributed by atoms with van der Waals surface area (Å²) in [4.78, 5) is 2.36. The van der Waals surface area contributed by atoms with Crippen molar-refractivity contribution in [2.24, 2.45) is 0 Å². The Bertz CT molecular complexity index is 1790. The van der Waals surface area contributed by atoms with Crippen LogP contribution in [-0.4, -0.2) is 0 Å². The van der Waals surface area contributed by atoms with Gasteiger partial charge in [-0.15, -0.1) is 11.3 Å². The van der Waals surface area contributed by atoms with Crippen molar-refractivity contribution < 1.29 is 0 Å². The van der Waals surface area contributed by atoms with Gasteiger partial charge in [0.05, 0.1) is 5.69 Å². The van der Waals surface area contributed by atoms with Gasteiger partial charge in [0, 0.05) is 37.1 Å². The van der Waals surface area contributed by atoms with Gasteiger partial charge < -0.3 is 4.90 Å². The van der Waals surface area contributed by atoms with Crippen LogP contribution in [-0.2, 0) is 0 Å². The molecule has 0 aliphatic rings. The molecule has 2 heteroatoms. The van der Waals surface area contributed by atoms with Crippen LogP contribution >= 0.6 is 11.3 Å². The Kier molecular flexibility index (Phi) is 5.04. The normalized spacial score (nSPS) is 11.3. The quantitative estimate of drug-likeness (QED) is 0.244. The minimum absolute atomic E-state index is 1.14. The fourth-order valence-electron chi connectivity index (χ4n) is 5.30. The van der Waals surface area contributed by atoms with Crippen molar-refractivity contribution in [2.75, 3.05) is 4.90 Å². The number of hydrogen-bond acceptors (Lipinski definition) is 2. The topological polar surface area (TPSA) is 3.24 Å². The Morgan fingerprint density at radius 2 is 1.06 bits per heavy atom. The molecule has 0 aliphatic carbocycles. The zero-order valence-electron chi connectivity index (χ0n) is 19.6. The zero-order valence-corrected chi connectivity index (χ0v) is 20.5. The lowest BCUT2D eigenvalue weighted by Gasteiger charge is -2.28. The fourth-order valence-corrected chi connectivity index (χ4v) is 6.41. The predicted octanol–water partition coefficient (Wildman–Crippen LogP) is 10.3. The number of thiophene rings is 1. The number of para-hydroxylation sites is 3. The predicted molar refractivity (Wildman–Crippen MR) is 157 cm³/mol. The minimum Gasteiger partial charge on any atom is -0.310 e. The van der Waals surface area contributed by atoms with Crippen molar-refractivity contribution in [2.45, 2.75) is 0 Å². The van der Waals surface area contributed by atoms with Crippen molar-refractivity contribution in [3.63, 3.8) is 0 Å². The van der Waals surface area contributed by atoms with Crippen molar-refractivity contribution in [1.82, 2.24) is 0 Å². The first-order valence-electron chi connectivity index (χ1n) is 12.2. The summed E-state index contributed by atoms with van der Waals surface area (Å²) >= 11 is 1.87. The van der Waals surface area contributed by atoms with Crippen molar-refractivity contribution in [3.8, 4) is 11.1 Å². The van der Waals surface area contributed by atoms with Gasteiger partial charge in [0.1, 0.15) is 0 Å². The standard InChI is InChI=1S/C34H23NS/c1-3-13-25(14-4-1)35(26-15-5-2-6-16-26)30-20-9-7-17-27(30)28-19-11-12-24-22-23-32-34(33(24)28)29-18-8-10-21-31(29)36-32/h1-23H. The molecule has 0 saturated carbocycles. The lowest BCUT2D eigenvalue weighted by Crippen LogP contribution is -2.11. The molecule has 0 fully saturated rings. The maximum atomic E-state index is 2.36. The first kappa shape index (κ1) is 20.9. The maximum absolute atomic E-state index is 2.36. The maximum Gasteiger partial charge on any atom is 0.0540 e. The van der Waals surface area contributed by atoms with Gasteiger partial charge in [-0.3, -0.25) is 0 Å². The highest BCUT2D eigenvalue weighted by Crippen LogP contribution is 2.46. The summed E-state index contributed by atoms with van der Waals surface area (Å²) in [6, 6.07) is 50.1. The highest BCUT2D eigenvalue weighted by Gasteiger charge is 2.19. The van der Waals surface area contributed by atoms with E-state index in [4.69, 9.17) is 0 Å². The molecule has 0 spiro atoms. The van der Waals surface area contributed by atoms with E-state index in [2.05, 4.69) is 144 Å². The molecule has 1 aromatic heterocycles. The van der Waals surface area contributed by atoms with Crippen LogP contribution in [0.25, 0.3) is 42.1 Å². The first-order valence-corrected chi connectivity index (χ1v) is 13.0. The van der Waals surface area contributed by atoms with Crippen LogP contribution in [0.15, 0.2) is 140 Å². The molecule has 0 N–H and O–H groups in total. The molecule has 0 amide bonds. The number of benzene rings is 6. The van der Waals surface area contributed by atoms with E-state index >= 15 is 0 Å². The van der Waals surface area contributed by atoms with Crippen LogP contribution in [0.2, 0.25) is 0 Å². The summed E-state index contributed by atoms with van der Waals surface area (Å²) in [7, 11) is 0. The lowest BCUT2D eigenvalue weighted by atomic mass is 9.93. The molecule has 1 heterocycles. The van der Waals surface area contributed by atoms with Gasteiger partial charge in [-0.25, -0.2) is 0 Å². The van der Waals surface area contributed by atoms with Crippen LogP contribution in [0, 0.1) is 0 Å². The smallest absolute Gasteiger partial charge is 0.0540 e. The van der Waals surface area contributed by atoms with Gasteiger partial charge in [0.15, 0.2) is 0 Å². The summed E-state index contributed by atoms with van der Waals surface area (Å²) in [5.41, 5.74) is 5.93. The van der Waals surface area contributed by atoms with E-state index in [0.29, 0.717) is 0 Å². The van der Waals surface area contributed by atoms with Crippen LogP contribution in [0.3, 0.4) is 0 Å². The molecule has 7 aromatic rings. The molecule has 1 nitrogen and oxygen atoms in total. The van der Waals surface area contributed by atoms with Crippen molar-refractivity contribution in [3.05, 3.63) is 140 Å². The van der Waals surface area contributed by atoms with Crippen molar-refractivity contribution in [1.29, 1.82) is 0 Å². The van der Waals surface area contributed by atoms with Crippen LogP contribution in [0.4, 0.5) is 17.1 Å². The average molecular weight is 478 g/mol. The molecule has 36 heavy (non-hydrogen) atoms. The summed E-state index contributed by atoms with van der Waals surface area (Å²) in [5, 5.41) is 5.27. The first-order chi connectivity index (χ1) is 17.9. The molecular formula is C34H23NS. The van der Waals surface area contributed by atoms with Crippen LogP contribution < -0.4 is 4.90 Å². The molecule has 170 valence electrons. The minimum atomic E-state index is 1.14. The summed E-state index contributed by atoms with van der Waals surface area (Å²) in [6.07, 6.45) is 0. The second kappa shape index (κ2) is 8.67. The molecular weight excluding hydrogens is 454 g/mol. The van der Waals surface area contributed by atoms with E-state index in [0.717, 1.165) is 11.4 Å². The van der Waals surface area contributed by atoms with E-state index in [-0.39, 0.29) is 0 Å². The molecule has 7 rings (SSSR count). The number of fused-ring (bicyclic) bond motifs is 5. The third-order valence-electron chi connectivity index (χ3n) is 6.85. The number of hydrogen-bond donors (Lipinski definition) is 0. The number of anilines is 3. The molecule has 0 radical (unpaired) electrons. The summed E-state index contributed by atoms with van der Waals surface area (Å²) in [6.45, 7) is 0. The van der Waals surface area contributed by atoms with Gasteiger partial charge >= 0.3 is 0 Å². The molecule has 0 aliphatic heterocycles. The van der Waals surface area contributed by atoms with Gasteiger partial charge in [-0.2, -0.15) is 0 Å². The van der Waals surface area contributed by atoms with E-state index in [1.807, 2.05) is 11.3 Å². The second-order valence-electron chi connectivity index (χ2n) is 8.96. The molecule has 0 bridgehead atoms. The average Bonchev–Trinajstić information content (AvgIpc) is 3.33. The highest BCUT2D eigenvalue weighted by molar-refractivity contribution is 7.26. The van der Waals surface area contributed by atoms with E-state index in [9.17, 15) is 0 Å². The third-order valence-corrected chi connectivity index (χ3v) is 7.98. The Hall–Kier alpha value is -4.40. The van der Waals surface area contributed by atoms with Crippen molar-refractivity contribution >= 4 is 59.3 Å². The Morgan fingerprint density at radius 3 is 1.83 bits per heavy atom. The Labute approximate surface area is 214 Å². The molecule has 0 saturated heterocycles. The van der Waals surface area contributed by atoms with Crippen LogP contribution in [0.1, 0.15) is 0 Å². The van der Waals surface area contributed by atoms with Gasteiger partial charge in [0.2, 0.25) is 0 Å². The highest BCUT2D eigenvalue weighted by atomic mass is 32.1. The van der Waals surface area contributed by atoms with Crippen LogP contribution in [0.5, 0.6) is 0 Å². The molecule has 6 aromatic carbocycles. The van der Waals surface area contributed by atoms with Gasteiger partial charge in [-0.05, 0) is 58.8 Å².